The summed E-state index contributed by atoms with van der Waals surface area (Å²) in [5.74, 6) is 1.20. The highest BCUT2D eigenvalue weighted by Crippen LogP contribution is 2.27. The number of fused-ring (bicyclic) bond motifs is 3. The molecule has 3 aromatic rings. The zero-order chi connectivity index (χ0) is 29.9. The van der Waals surface area contributed by atoms with Gasteiger partial charge in [-0.05, 0) is 57.7 Å². The predicted molar refractivity (Wildman–Crippen MR) is 162 cm³/mol. The molecule has 0 bridgehead atoms. The summed E-state index contributed by atoms with van der Waals surface area (Å²) in [6.07, 6.45) is 1.95. The molecule has 224 valence electrons. The lowest BCUT2D eigenvalue weighted by Gasteiger charge is -2.36. The summed E-state index contributed by atoms with van der Waals surface area (Å²) in [6, 6.07) is 5.79. The van der Waals surface area contributed by atoms with Crippen LogP contribution in [0.1, 0.15) is 67.1 Å². The fourth-order valence-electron chi connectivity index (χ4n) is 5.14. The molecule has 3 atom stereocenters. The Labute approximate surface area is 242 Å². The van der Waals surface area contributed by atoms with Gasteiger partial charge in [0.25, 0.3) is 0 Å². The van der Waals surface area contributed by atoms with Gasteiger partial charge in [-0.3, -0.25) is 14.0 Å². The molecule has 3 N–H and O–H groups in total. The number of carbonyl (C=O) groups excluding carboxylic acids is 2. The largest absolute Gasteiger partial charge is 0.372 e. The number of aryl methyl sites for hydroxylation is 1. The molecular formula is C30H46N8O3. The summed E-state index contributed by atoms with van der Waals surface area (Å²) in [5, 5.41) is 18.0. The molecule has 1 aliphatic rings. The number of hydrogen-bond acceptors (Lipinski definition) is 8. The highest BCUT2D eigenvalue weighted by atomic mass is 16.5. The molecule has 2 aromatic heterocycles. The number of anilines is 2. The molecule has 4 rings (SSSR count). The third kappa shape index (κ3) is 7.25. The van der Waals surface area contributed by atoms with Crippen LogP contribution in [0.25, 0.3) is 16.7 Å². The smallest absolute Gasteiger partial charge is 0.242 e. The van der Waals surface area contributed by atoms with E-state index in [2.05, 4.69) is 63.1 Å². The summed E-state index contributed by atoms with van der Waals surface area (Å²) in [5.41, 5.74) is 3.10. The zero-order valence-electron chi connectivity index (χ0n) is 25.7. The van der Waals surface area contributed by atoms with Crippen molar-refractivity contribution in [3.63, 3.8) is 0 Å². The van der Waals surface area contributed by atoms with E-state index >= 15 is 0 Å². The van der Waals surface area contributed by atoms with Crippen LogP contribution in [0.15, 0.2) is 18.2 Å². The van der Waals surface area contributed by atoms with Crippen molar-refractivity contribution in [2.75, 3.05) is 36.4 Å². The molecule has 11 nitrogen and oxygen atoms in total. The van der Waals surface area contributed by atoms with Crippen molar-refractivity contribution in [3.8, 4) is 0 Å². The average molecular weight is 567 g/mol. The van der Waals surface area contributed by atoms with Crippen LogP contribution in [-0.2, 0) is 14.3 Å². The maximum Gasteiger partial charge on any atom is 0.242 e. The maximum absolute atomic E-state index is 12.8. The third-order valence-corrected chi connectivity index (χ3v) is 7.37. The SMILES string of the molecule is Cc1nnc2c(NCCCCNC(=O)[C@@H](NC(=O)C(C)(C)C)C(C)C)nc3cc(N4CC(C)OC(C)C4)ccc3n12. The quantitative estimate of drug-likeness (QED) is 0.317. The van der Waals surface area contributed by atoms with Gasteiger partial charge in [0.05, 0.1) is 23.2 Å². The Hall–Kier alpha value is -3.47. The summed E-state index contributed by atoms with van der Waals surface area (Å²) in [6.45, 7) is 18.4. The Morgan fingerprint density at radius 2 is 1.76 bits per heavy atom. The fraction of sp³-hybridized carbons (Fsp3) is 0.633. The molecule has 1 fully saturated rings. The monoisotopic (exact) mass is 566 g/mol. The molecule has 2 amide bonds. The third-order valence-electron chi connectivity index (χ3n) is 7.37. The number of unbranched alkanes of at least 4 members (excludes halogenated alkanes) is 1. The standard InChI is InChI=1S/C30H46N8O3/c1-18(2)25(34-29(40)30(6,7)8)28(39)32-14-10-9-13-31-26-27-36-35-21(5)38(27)24-12-11-22(15-23(24)33-26)37-16-19(3)41-20(4)17-37/h11-12,15,18-20,25H,9-10,13-14,16-17H2,1-8H3,(H,31,33)(H,32,39)(H,34,40)/t19?,20?,25-/m0/s1. The Morgan fingerprint density at radius 3 is 2.41 bits per heavy atom. The zero-order valence-corrected chi connectivity index (χ0v) is 25.7. The van der Waals surface area contributed by atoms with Crippen LogP contribution in [0.4, 0.5) is 11.5 Å². The molecule has 3 heterocycles. The van der Waals surface area contributed by atoms with E-state index in [0.29, 0.717) is 24.6 Å². The van der Waals surface area contributed by atoms with Crippen molar-refractivity contribution < 1.29 is 14.3 Å². The summed E-state index contributed by atoms with van der Waals surface area (Å²) >= 11 is 0. The number of benzene rings is 1. The van der Waals surface area contributed by atoms with Gasteiger partial charge in [-0.25, -0.2) is 4.98 Å². The number of hydrogen-bond donors (Lipinski definition) is 3. The van der Waals surface area contributed by atoms with E-state index < -0.39 is 11.5 Å². The molecule has 0 saturated carbocycles. The number of carbonyl (C=O) groups is 2. The van der Waals surface area contributed by atoms with E-state index in [-0.39, 0.29) is 29.9 Å². The average Bonchev–Trinajstić information content (AvgIpc) is 3.29. The first kappa shape index (κ1) is 30.5. The first-order valence-corrected chi connectivity index (χ1v) is 14.7. The minimum Gasteiger partial charge on any atom is -0.372 e. The topological polar surface area (TPSA) is 126 Å². The molecule has 41 heavy (non-hydrogen) atoms. The number of amides is 2. The van der Waals surface area contributed by atoms with Crippen molar-refractivity contribution in [2.24, 2.45) is 11.3 Å². The molecule has 2 unspecified atom stereocenters. The number of rotatable bonds is 10. The normalized spacial score (nSPS) is 18.6. The van der Waals surface area contributed by atoms with Gasteiger partial charge in [0.1, 0.15) is 11.9 Å². The summed E-state index contributed by atoms with van der Waals surface area (Å²) in [4.78, 5) is 32.5. The first-order valence-electron chi connectivity index (χ1n) is 14.7. The second kappa shape index (κ2) is 12.6. The van der Waals surface area contributed by atoms with Gasteiger partial charge in [-0.15, -0.1) is 10.2 Å². The molecule has 1 aromatic carbocycles. The van der Waals surface area contributed by atoms with Crippen LogP contribution < -0.4 is 20.9 Å². The highest BCUT2D eigenvalue weighted by molar-refractivity contribution is 5.90. The molecule has 0 spiro atoms. The second-order valence-corrected chi connectivity index (χ2v) is 12.6. The lowest BCUT2D eigenvalue weighted by atomic mass is 9.93. The van der Waals surface area contributed by atoms with Crippen molar-refractivity contribution in [1.29, 1.82) is 0 Å². The second-order valence-electron chi connectivity index (χ2n) is 12.6. The Bertz CT molecular complexity index is 1370. The number of ether oxygens (including phenoxy) is 1. The lowest BCUT2D eigenvalue weighted by molar-refractivity contribution is -0.134. The van der Waals surface area contributed by atoms with E-state index in [0.717, 1.165) is 48.5 Å². The lowest BCUT2D eigenvalue weighted by Crippen LogP contribution is -2.52. The van der Waals surface area contributed by atoms with Gasteiger partial charge >= 0.3 is 0 Å². The first-order chi connectivity index (χ1) is 19.3. The van der Waals surface area contributed by atoms with Gasteiger partial charge in [0.2, 0.25) is 17.5 Å². The molecule has 11 heteroatoms. The number of nitrogens with zero attached hydrogens (tertiary/aromatic N) is 5. The molecule has 1 saturated heterocycles. The maximum atomic E-state index is 12.8. The summed E-state index contributed by atoms with van der Waals surface area (Å²) < 4.78 is 7.95. The van der Waals surface area contributed by atoms with Crippen LogP contribution >= 0.6 is 0 Å². The Morgan fingerprint density at radius 1 is 1.07 bits per heavy atom. The molecular weight excluding hydrogens is 520 g/mol. The van der Waals surface area contributed by atoms with Gasteiger partial charge < -0.3 is 25.6 Å². The number of aromatic nitrogens is 4. The van der Waals surface area contributed by atoms with E-state index in [4.69, 9.17) is 9.72 Å². The predicted octanol–water partition coefficient (Wildman–Crippen LogP) is 3.69. The molecule has 1 aliphatic heterocycles. The number of nitrogens with one attached hydrogen (secondary N) is 3. The van der Waals surface area contributed by atoms with Crippen molar-refractivity contribution in [2.45, 2.75) is 86.5 Å². The van der Waals surface area contributed by atoms with E-state index in [1.165, 1.54) is 0 Å². The van der Waals surface area contributed by atoms with Crippen LogP contribution in [0, 0.1) is 18.3 Å². The minimum atomic E-state index is -0.556. The number of morpholine rings is 1. The van der Waals surface area contributed by atoms with Crippen LogP contribution in [0.3, 0.4) is 0 Å². The van der Waals surface area contributed by atoms with Gasteiger partial charge in [-0.2, -0.15) is 0 Å². The van der Waals surface area contributed by atoms with Crippen LogP contribution in [0.2, 0.25) is 0 Å². The van der Waals surface area contributed by atoms with E-state index in [1.807, 2.05) is 45.9 Å². The van der Waals surface area contributed by atoms with E-state index in [1.54, 1.807) is 0 Å². The molecule has 0 radical (unpaired) electrons. The fourth-order valence-corrected chi connectivity index (χ4v) is 5.14. The van der Waals surface area contributed by atoms with E-state index in [9.17, 15) is 9.59 Å². The van der Waals surface area contributed by atoms with Gasteiger partial charge in [-0.1, -0.05) is 34.6 Å². The van der Waals surface area contributed by atoms with Gasteiger partial charge in [0, 0.05) is 37.3 Å². The van der Waals surface area contributed by atoms with Gasteiger partial charge in [0.15, 0.2) is 5.82 Å². The van der Waals surface area contributed by atoms with Crippen molar-refractivity contribution >= 4 is 40.0 Å². The van der Waals surface area contributed by atoms with Crippen LogP contribution in [-0.4, -0.2) is 75.8 Å². The Balaban J connectivity index is 1.38. The minimum absolute atomic E-state index is 0.00784. The Kier molecular flexibility index (Phi) is 9.36. The molecule has 0 aliphatic carbocycles. The van der Waals surface area contributed by atoms with Crippen molar-refractivity contribution in [3.05, 3.63) is 24.0 Å². The summed E-state index contributed by atoms with van der Waals surface area (Å²) in [7, 11) is 0. The highest BCUT2D eigenvalue weighted by Gasteiger charge is 2.29. The van der Waals surface area contributed by atoms with Crippen molar-refractivity contribution in [1.82, 2.24) is 30.2 Å². The van der Waals surface area contributed by atoms with Crippen LogP contribution in [0.5, 0.6) is 0 Å².